The van der Waals surface area contributed by atoms with Crippen LogP contribution in [0.5, 0.6) is 5.75 Å². The summed E-state index contributed by atoms with van der Waals surface area (Å²) >= 11 is 3.18. The second-order valence-electron chi connectivity index (χ2n) is 6.17. The molecular formula is C21H16BrN3O4. The lowest BCUT2D eigenvalue weighted by Gasteiger charge is -2.03. The summed E-state index contributed by atoms with van der Waals surface area (Å²) in [5, 5.41) is 6.81. The van der Waals surface area contributed by atoms with Gasteiger partial charge in [-0.1, -0.05) is 17.3 Å². The Morgan fingerprint density at radius 3 is 2.48 bits per heavy atom. The van der Waals surface area contributed by atoms with Crippen LogP contribution in [-0.4, -0.2) is 23.2 Å². The molecule has 0 unspecified atom stereocenters. The van der Waals surface area contributed by atoms with Crippen LogP contribution in [0.2, 0.25) is 0 Å². The number of anilines is 1. The topological polar surface area (TPSA) is 90.4 Å². The Kier molecular flexibility index (Phi) is 5.44. The lowest BCUT2D eigenvalue weighted by atomic mass is 10.1. The van der Waals surface area contributed by atoms with Gasteiger partial charge in [-0.05, 0) is 70.0 Å². The summed E-state index contributed by atoms with van der Waals surface area (Å²) < 4.78 is 16.3. The summed E-state index contributed by atoms with van der Waals surface area (Å²) in [5.74, 6) is 1.70. The van der Waals surface area contributed by atoms with E-state index >= 15 is 0 Å². The van der Waals surface area contributed by atoms with Crippen molar-refractivity contribution < 1.29 is 18.5 Å². The third kappa shape index (κ3) is 4.55. The summed E-state index contributed by atoms with van der Waals surface area (Å²) in [6.45, 7) is 0. The minimum atomic E-state index is -0.329. The largest absolute Gasteiger partial charge is 0.497 e. The number of halogens is 1. The van der Waals surface area contributed by atoms with E-state index < -0.39 is 0 Å². The van der Waals surface area contributed by atoms with Crippen LogP contribution in [0, 0.1) is 0 Å². The first kappa shape index (κ1) is 18.9. The van der Waals surface area contributed by atoms with Gasteiger partial charge in [0.05, 0.1) is 13.5 Å². The van der Waals surface area contributed by atoms with Crippen molar-refractivity contribution in [2.24, 2.45) is 0 Å². The van der Waals surface area contributed by atoms with Gasteiger partial charge in [0.1, 0.15) is 5.75 Å². The van der Waals surface area contributed by atoms with Crippen molar-refractivity contribution in [1.29, 1.82) is 0 Å². The van der Waals surface area contributed by atoms with E-state index in [1.165, 1.54) is 0 Å². The minimum absolute atomic E-state index is 0.224. The van der Waals surface area contributed by atoms with Crippen molar-refractivity contribution in [2.75, 3.05) is 12.4 Å². The molecular weight excluding hydrogens is 438 g/mol. The van der Waals surface area contributed by atoms with Crippen LogP contribution in [-0.2, 0) is 6.42 Å². The first-order valence-electron chi connectivity index (χ1n) is 8.73. The highest BCUT2D eigenvalue weighted by Gasteiger charge is 2.12. The molecule has 0 aliphatic carbocycles. The minimum Gasteiger partial charge on any atom is -0.497 e. The quantitative estimate of drug-likeness (QED) is 0.444. The molecule has 4 aromatic rings. The van der Waals surface area contributed by atoms with Gasteiger partial charge in [0, 0.05) is 11.3 Å². The molecule has 0 atom stereocenters. The Morgan fingerprint density at radius 1 is 1.07 bits per heavy atom. The zero-order chi connectivity index (χ0) is 20.2. The molecule has 29 heavy (non-hydrogen) atoms. The van der Waals surface area contributed by atoms with E-state index in [0.717, 1.165) is 16.9 Å². The number of hydrogen-bond acceptors (Lipinski definition) is 6. The Labute approximate surface area is 174 Å². The monoisotopic (exact) mass is 453 g/mol. The van der Waals surface area contributed by atoms with E-state index in [4.69, 9.17) is 13.7 Å². The van der Waals surface area contributed by atoms with Gasteiger partial charge in [-0.3, -0.25) is 4.79 Å². The van der Waals surface area contributed by atoms with Crippen molar-refractivity contribution in [3.8, 4) is 17.1 Å². The Morgan fingerprint density at radius 2 is 1.83 bits per heavy atom. The zero-order valence-corrected chi connectivity index (χ0v) is 17.0. The Balaban J connectivity index is 1.42. The van der Waals surface area contributed by atoms with Crippen LogP contribution in [0.4, 0.5) is 5.69 Å². The van der Waals surface area contributed by atoms with Gasteiger partial charge < -0.3 is 19.0 Å². The average molecular weight is 454 g/mol. The summed E-state index contributed by atoms with van der Waals surface area (Å²) in [5.41, 5.74) is 2.46. The number of nitrogens with zero attached hydrogens (tertiary/aromatic N) is 2. The maximum absolute atomic E-state index is 12.1. The van der Waals surface area contributed by atoms with Crippen molar-refractivity contribution in [1.82, 2.24) is 10.1 Å². The predicted molar refractivity (Wildman–Crippen MR) is 110 cm³/mol. The second-order valence-corrected chi connectivity index (χ2v) is 6.95. The van der Waals surface area contributed by atoms with E-state index in [1.807, 2.05) is 36.4 Å². The van der Waals surface area contributed by atoms with E-state index in [-0.39, 0.29) is 11.7 Å². The van der Waals surface area contributed by atoms with Gasteiger partial charge in [0.2, 0.25) is 11.7 Å². The van der Waals surface area contributed by atoms with E-state index in [9.17, 15) is 4.79 Å². The average Bonchev–Trinajstić information content (AvgIpc) is 3.38. The van der Waals surface area contributed by atoms with Crippen molar-refractivity contribution in [2.45, 2.75) is 6.42 Å². The molecule has 2 aromatic carbocycles. The molecule has 2 aromatic heterocycles. The number of nitrogens with one attached hydrogen (secondary N) is 1. The fourth-order valence-corrected chi connectivity index (χ4v) is 3.00. The van der Waals surface area contributed by atoms with Crippen LogP contribution in [0.3, 0.4) is 0 Å². The van der Waals surface area contributed by atoms with Crippen LogP contribution in [0.15, 0.2) is 74.3 Å². The molecule has 4 rings (SSSR count). The molecule has 1 N–H and O–H groups in total. The van der Waals surface area contributed by atoms with Crippen LogP contribution >= 0.6 is 15.9 Å². The van der Waals surface area contributed by atoms with Crippen molar-refractivity contribution in [3.63, 3.8) is 0 Å². The van der Waals surface area contributed by atoms with E-state index in [0.29, 0.717) is 28.5 Å². The summed E-state index contributed by atoms with van der Waals surface area (Å²) in [6, 6.07) is 18.1. The highest BCUT2D eigenvalue weighted by Crippen LogP contribution is 2.21. The molecule has 146 valence electrons. The van der Waals surface area contributed by atoms with Gasteiger partial charge in [-0.15, -0.1) is 0 Å². The number of methoxy groups -OCH3 is 1. The third-order valence-electron chi connectivity index (χ3n) is 4.18. The number of aromatic nitrogens is 2. The first-order valence-corrected chi connectivity index (χ1v) is 9.52. The Hall–Kier alpha value is -3.39. The molecule has 7 nitrogen and oxygen atoms in total. The first-order chi connectivity index (χ1) is 14.1. The lowest BCUT2D eigenvalue weighted by Crippen LogP contribution is -2.10. The lowest BCUT2D eigenvalue weighted by molar-refractivity contribution is 0.0995. The molecule has 1 amide bonds. The van der Waals surface area contributed by atoms with Crippen molar-refractivity contribution >= 4 is 27.5 Å². The molecule has 2 heterocycles. The molecule has 0 spiro atoms. The van der Waals surface area contributed by atoms with Crippen LogP contribution < -0.4 is 10.1 Å². The number of ether oxygens (including phenoxy) is 1. The number of carbonyl (C=O) groups excluding carboxylic acids is 1. The predicted octanol–water partition coefficient (Wildman–Crippen LogP) is 4.94. The fourth-order valence-electron chi connectivity index (χ4n) is 2.69. The molecule has 0 fully saturated rings. The molecule has 0 radical (unpaired) electrons. The van der Waals surface area contributed by atoms with Gasteiger partial charge in [-0.25, -0.2) is 0 Å². The number of hydrogen-bond donors (Lipinski definition) is 1. The molecule has 0 aliphatic heterocycles. The van der Waals surface area contributed by atoms with Crippen LogP contribution in [0.25, 0.3) is 11.4 Å². The molecule has 8 heteroatoms. The zero-order valence-electron chi connectivity index (χ0n) is 15.4. The third-order valence-corrected chi connectivity index (χ3v) is 4.61. The second kappa shape index (κ2) is 8.32. The highest BCUT2D eigenvalue weighted by atomic mass is 79.9. The van der Waals surface area contributed by atoms with Gasteiger partial charge in [0.25, 0.3) is 5.91 Å². The van der Waals surface area contributed by atoms with Gasteiger partial charge in [-0.2, -0.15) is 4.98 Å². The molecule has 0 saturated heterocycles. The molecule has 0 saturated carbocycles. The number of amides is 1. The van der Waals surface area contributed by atoms with Gasteiger partial charge in [0.15, 0.2) is 10.4 Å². The SMILES string of the molecule is COc1ccc(Cc2nc(-c3ccc(NC(=O)c4ccc(Br)o4)cc3)no2)cc1. The number of carbonyl (C=O) groups is 1. The molecule has 0 aliphatic rings. The smallest absolute Gasteiger partial charge is 0.291 e. The summed E-state index contributed by atoms with van der Waals surface area (Å²) in [7, 11) is 1.63. The normalized spacial score (nSPS) is 10.7. The van der Waals surface area contributed by atoms with Gasteiger partial charge >= 0.3 is 0 Å². The van der Waals surface area contributed by atoms with E-state index in [1.54, 1.807) is 31.4 Å². The highest BCUT2D eigenvalue weighted by molar-refractivity contribution is 9.10. The molecule has 0 bridgehead atoms. The Bertz CT molecular complexity index is 1120. The fraction of sp³-hybridized carbons (Fsp3) is 0.0952. The van der Waals surface area contributed by atoms with Crippen LogP contribution in [0.1, 0.15) is 22.0 Å². The number of benzene rings is 2. The standard InChI is InChI=1S/C21H16BrN3O4/c1-27-16-8-2-13(3-9-16)12-19-24-20(25-29-19)14-4-6-15(7-5-14)23-21(26)17-10-11-18(22)28-17/h2-11H,12H2,1H3,(H,23,26). The van der Waals surface area contributed by atoms with Crippen molar-refractivity contribution in [3.05, 3.63) is 82.5 Å². The van der Waals surface area contributed by atoms with E-state index in [2.05, 4.69) is 31.4 Å². The maximum Gasteiger partial charge on any atom is 0.291 e. The number of furan rings is 1. The summed E-state index contributed by atoms with van der Waals surface area (Å²) in [4.78, 5) is 16.6. The maximum atomic E-state index is 12.1. The summed E-state index contributed by atoms with van der Waals surface area (Å²) in [6.07, 6.45) is 0.532. The number of rotatable bonds is 6.